The second-order valence-electron chi connectivity index (χ2n) is 3.90. The van der Waals surface area contributed by atoms with Crippen molar-refractivity contribution in [2.75, 3.05) is 13.2 Å². The number of aliphatic hydroxyl groups excluding tert-OH is 1. The first-order valence-corrected chi connectivity index (χ1v) is 5.69. The molecule has 1 aromatic heterocycles. The third-order valence-electron chi connectivity index (χ3n) is 2.32. The smallest absolute Gasteiger partial charge is 0.270 e. The SMILES string of the molecule is CC(C)N(CCCO)C(=O)c1cc(Cl)c[nH]1. The number of carbonyl (C=O) groups excluding carboxylic acids is 1. The number of amides is 1. The molecule has 2 N–H and O–H groups in total. The largest absolute Gasteiger partial charge is 0.396 e. The molecule has 90 valence electrons. The fourth-order valence-corrected chi connectivity index (χ4v) is 1.65. The molecule has 0 aliphatic carbocycles. The Morgan fingerprint density at radius 2 is 2.31 bits per heavy atom. The number of halogens is 1. The van der Waals surface area contributed by atoms with Crippen molar-refractivity contribution in [2.24, 2.45) is 0 Å². The Morgan fingerprint density at radius 1 is 1.62 bits per heavy atom. The third kappa shape index (κ3) is 3.25. The number of nitrogens with one attached hydrogen (secondary N) is 1. The van der Waals surface area contributed by atoms with Gasteiger partial charge in [-0.25, -0.2) is 0 Å². The Kier molecular flexibility index (Phi) is 4.83. The van der Waals surface area contributed by atoms with Gasteiger partial charge in [-0.2, -0.15) is 0 Å². The van der Waals surface area contributed by atoms with Gasteiger partial charge in [0, 0.05) is 25.4 Å². The van der Waals surface area contributed by atoms with Gasteiger partial charge in [-0.3, -0.25) is 4.79 Å². The van der Waals surface area contributed by atoms with Crippen molar-refractivity contribution in [3.8, 4) is 0 Å². The zero-order valence-corrected chi connectivity index (χ0v) is 10.3. The van der Waals surface area contributed by atoms with Crippen molar-refractivity contribution in [1.29, 1.82) is 0 Å². The molecule has 0 aliphatic heterocycles. The number of hydrogen-bond acceptors (Lipinski definition) is 2. The molecular weight excluding hydrogens is 228 g/mol. The first-order chi connectivity index (χ1) is 7.56. The van der Waals surface area contributed by atoms with Crippen LogP contribution in [-0.4, -0.2) is 40.1 Å². The summed E-state index contributed by atoms with van der Waals surface area (Å²) >= 11 is 5.75. The Bertz CT molecular complexity index is 350. The van der Waals surface area contributed by atoms with Gasteiger partial charge >= 0.3 is 0 Å². The van der Waals surface area contributed by atoms with Crippen molar-refractivity contribution >= 4 is 17.5 Å². The van der Waals surface area contributed by atoms with E-state index in [-0.39, 0.29) is 18.6 Å². The maximum atomic E-state index is 12.1. The Balaban J connectivity index is 2.74. The van der Waals surface area contributed by atoms with Crippen molar-refractivity contribution in [3.63, 3.8) is 0 Å². The monoisotopic (exact) mass is 244 g/mol. The van der Waals surface area contributed by atoms with Gasteiger partial charge in [0.25, 0.3) is 5.91 Å². The maximum Gasteiger partial charge on any atom is 0.270 e. The summed E-state index contributed by atoms with van der Waals surface area (Å²) in [7, 11) is 0. The van der Waals surface area contributed by atoms with Crippen LogP contribution in [0.5, 0.6) is 0 Å². The Hall–Kier alpha value is -1.00. The van der Waals surface area contributed by atoms with E-state index in [0.29, 0.717) is 23.7 Å². The van der Waals surface area contributed by atoms with Crippen molar-refractivity contribution in [2.45, 2.75) is 26.3 Å². The number of nitrogens with zero attached hydrogens (tertiary/aromatic N) is 1. The van der Waals surface area contributed by atoms with Crippen LogP contribution in [0, 0.1) is 0 Å². The quantitative estimate of drug-likeness (QED) is 0.831. The Morgan fingerprint density at radius 3 is 2.75 bits per heavy atom. The lowest BCUT2D eigenvalue weighted by Crippen LogP contribution is -2.38. The zero-order chi connectivity index (χ0) is 12.1. The predicted octanol–water partition coefficient (Wildman–Crippen LogP) is 1.90. The molecule has 0 unspecified atom stereocenters. The molecule has 0 saturated heterocycles. The fraction of sp³-hybridized carbons (Fsp3) is 0.545. The molecule has 5 heteroatoms. The number of aromatic nitrogens is 1. The van der Waals surface area contributed by atoms with E-state index in [0.717, 1.165) is 0 Å². The van der Waals surface area contributed by atoms with Crippen LogP contribution < -0.4 is 0 Å². The average molecular weight is 245 g/mol. The molecule has 0 aromatic carbocycles. The van der Waals surface area contributed by atoms with E-state index in [9.17, 15) is 4.79 Å². The van der Waals surface area contributed by atoms with E-state index in [4.69, 9.17) is 16.7 Å². The summed E-state index contributed by atoms with van der Waals surface area (Å²) in [5, 5.41) is 9.31. The van der Waals surface area contributed by atoms with Gasteiger partial charge in [0.15, 0.2) is 0 Å². The molecule has 1 aromatic rings. The van der Waals surface area contributed by atoms with Crippen molar-refractivity contribution in [1.82, 2.24) is 9.88 Å². The summed E-state index contributed by atoms with van der Waals surface area (Å²) in [5.41, 5.74) is 0.483. The summed E-state index contributed by atoms with van der Waals surface area (Å²) in [6, 6.07) is 1.71. The van der Waals surface area contributed by atoms with Crippen LogP contribution in [0.2, 0.25) is 5.02 Å². The summed E-state index contributed by atoms with van der Waals surface area (Å²) in [4.78, 5) is 16.6. The summed E-state index contributed by atoms with van der Waals surface area (Å²) in [6.45, 7) is 4.52. The van der Waals surface area contributed by atoms with E-state index >= 15 is 0 Å². The minimum absolute atomic E-state index is 0.0853. The number of aromatic amines is 1. The lowest BCUT2D eigenvalue weighted by molar-refractivity contribution is 0.0688. The molecule has 0 spiro atoms. The second-order valence-corrected chi connectivity index (χ2v) is 4.34. The summed E-state index contributed by atoms with van der Waals surface area (Å²) in [6.07, 6.45) is 2.16. The first kappa shape index (κ1) is 13.1. The fourth-order valence-electron chi connectivity index (χ4n) is 1.48. The van der Waals surface area contributed by atoms with E-state index in [1.54, 1.807) is 17.2 Å². The van der Waals surface area contributed by atoms with Gasteiger partial charge < -0.3 is 15.0 Å². The van der Waals surface area contributed by atoms with Gasteiger partial charge in [-0.15, -0.1) is 0 Å². The van der Waals surface area contributed by atoms with Gasteiger partial charge in [0.1, 0.15) is 5.69 Å². The van der Waals surface area contributed by atoms with Crippen molar-refractivity contribution < 1.29 is 9.90 Å². The van der Waals surface area contributed by atoms with E-state index < -0.39 is 0 Å². The molecule has 0 saturated carbocycles. The van der Waals surface area contributed by atoms with Crippen molar-refractivity contribution in [3.05, 3.63) is 23.0 Å². The molecule has 0 radical (unpaired) electrons. The number of hydrogen-bond donors (Lipinski definition) is 2. The normalized spacial score (nSPS) is 10.8. The van der Waals surface area contributed by atoms with Crippen LogP contribution in [0.15, 0.2) is 12.3 Å². The second kappa shape index (κ2) is 5.92. The standard InChI is InChI=1S/C11H17ClN2O2/c1-8(2)14(4-3-5-15)11(16)10-6-9(12)7-13-10/h6-8,13,15H,3-5H2,1-2H3. The zero-order valence-electron chi connectivity index (χ0n) is 9.53. The first-order valence-electron chi connectivity index (χ1n) is 5.32. The lowest BCUT2D eigenvalue weighted by Gasteiger charge is -2.25. The Labute approximate surface area is 100 Å². The molecule has 1 heterocycles. The lowest BCUT2D eigenvalue weighted by atomic mass is 10.2. The summed E-state index contributed by atoms with van der Waals surface area (Å²) < 4.78 is 0. The third-order valence-corrected chi connectivity index (χ3v) is 2.54. The molecule has 0 aliphatic rings. The number of rotatable bonds is 5. The van der Waals surface area contributed by atoms with E-state index in [1.807, 2.05) is 13.8 Å². The molecule has 4 nitrogen and oxygen atoms in total. The minimum Gasteiger partial charge on any atom is -0.396 e. The van der Waals surface area contributed by atoms with Gasteiger partial charge in [-0.1, -0.05) is 11.6 Å². The van der Waals surface area contributed by atoms with Gasteiger partial charge in [-0.05, 0) is 26.3 Å². The highest BCUT2D eigenvalue weighted by Gasteiger charge is 2.19. The van der Waals surface area contributed by atoms with Crippen LogP contribution in [0.1, 0.15) is 30.8 Å². The number of carbonyl (C=O) groups is 1. The highest BCUT2D eigenvalue weighted by molar-refractivity contribution is 6.30. The molecule has 1 amide bonds. The molecular formula is C11H17ClN2O2. The number of H-pyrrole nitrogens is 1. The minimum atomic E-state index is -0.0876. The van der Waals surface area contributed by atoms with Crippen LogP contribution >= 0.6 is 11.6 Å². The molecule has 1 rings (SSSR count). The van der Waals surface area contributed by atoms with E-state index in [1.165, 1.54) is 0 Å². The molecule has 0 fully saturated rings. The topological polar surface area (TPSA) is 56.3 Å². The van der Waals surface area contributed by atoms with Crippen LogP contribution in [-0.2, 0) is 0 Å². The van der Waals surface area contributed by atoms with Gasteiger partial charge in [0.05, 0.1) is 5.02 Å². The summed E-state index contributed by atoms with van der Waals surface area (Å²) in [5.74, 6) is -0.0876. The van der Waals surface area contributed by atoms with Crippen LogP contribution in [0.25, 0.3) is 0 Å². The predicted molar refractivity (Wildman–Crippen MR) is 63.7 cm³/mol. The highest BCUT2D eigenvalue weighted by atomic mass is 35.5. The maximum absolute atomic E-state index is 12.1. The van der Waals surface area contributed by atoms with Gasteiger partial charge in [0.2, 0.25) is 0 Å². The average Bonchev–Trinajstić information content (AvgIpc) is 2.64. The molecule has 0 bridgehead atoms. The van der Waals surface area contributed by atoms with Crippen LogP contribution in [0.3, 0.4) is 0 Å². The molecule has 0 atom stereocenters. The molecule has 16 heavy (non-hydrogen) atoms. The number of aliphatic hydroxyl groups is 1. The highest BCUT2D eigenvalue weighted by Crippen LogP contribution is 2.13. The van der Waals surface area contributed by atoms with Crippen LogP contribution in [0.4, 0.5) is 0 Å². The van der Waals surface area contributed by atoms with E-state index in [2.05, 4.69) is 4.98 Å².